The van der Waals surface area contributed by atoms with Crippen LogP contribution in [0.25, 0.3) is 0 Å². The monoisotopic (exact) mass is 345 g/mol. The lowest BCUT2D eigenvalue weighted by Gasteiger charge is -2.34. The number of nitrogens with zero attached hydrogens (tertiary/aromatic N) is 3. The molecule has 134 valence electrons. The van der Waals surface area contributed by atoms with Crippen molar-refractivity contribution in [2.75, 3.05) is 45.9 Å². The number of hydrogen-bond acceptors (Lipinski definition) is 4. The van der Waals surface area contributed by atoms with E-state index in [4.69, 9.17) is 4.74 Å². The van der Waals surface area contributed by atoms with Crippen LogP contribution < -0.4 is 4.74 Å². The molecule has 2 aliphatic heterocycles. The van der Waals surface area contributed by atoms with E-state index in [2.05, 4.69) is 0 Å². The fourth-order valence-electron chi connectivity index (χ4n) is 3.07. The average Bonchev–Trinajstić information content (AvgIpc) is 3.17. The van der Waals surface area contributed by atoms with Gasteiger partial charge in [0, 0.05) is 26.2 Å². The van der Waals surface area contributed by atoms with Crippen molar-refractivity contribution in [3.05, 3.63) is 30.3 Å². The zero-order chi connectivity index (χ0) is 17.6. The molecule has 1 aromatic carbocycles. The van der Waals surface area contributed by atoms with Gasteiger partial charge in [0.1, 0.15) is 5.75 Å². The third-order valence-electron chi connectivity index (χ3n) is 4.56. The predicted molar refractivity (Wildman–Crippen MR) is 90.9 cm³/mol. The van der Waals surface area contributed by atoms with E-state index in [-0.39, 0.29) is 37.4 Å². The van der Waals surface area contributed by atoms with Gasteiger partial charge >= 0.3 is 0 Å². The van der Waals surface area contributed by atoms with Gasteiger partial charge in [0.25, 0.3) is 5.91 Å². The van der Waals surface area contributed by atoms with E-state index in [0.717, 1.165) is 25.9 Å². The van der Waals surface area contributed by atoms with Crippen LogP contribution in [0, 0.1) is 0 Å². The molecule has 2 aliphatic rings. The van der Waals surface area contributed by atoms with Crippen LogP contribution >= 0.6 is 0 Å². The SMILES string of the molecule is O=C(CN1CCN(C(=O)COc2ccccc2)CC1=O)N1CCCC1. The first-order valence-electron chi connectivity index (χ1n) is 8.64. The van der Waals surface area contributed by atoms with Crippen molar-refractivity contribution in [3.8, 4) is 5.75 Å². The van der Waals surface area contributed by atoms with Crippen molar-refractivity contribution in [1.29, 1.82) is 0 Å². The zero-order valence-corrected chi connectivity index (χ0v) is 14.2. The number of piperazine rings is 1. The van der Waals surface area contributed by atoms with Crippen LogP contribution in [0.5, 0.6) is 5.75 Å². The zero-order valence-electron chi connectivity index (χ0n) is 14.2. The summed E-state index contributed by atoms with van der Waals surface area (Å²) in [4.78, 5) is 41.5. The standard InChI is InChI=1S/C18H23N3O4/c22-16(19-8-4-5-9-19)12-20-10-11-21(13-17(20)23)18(24)14-25-15-6-2-1-3-7-15/h1-3,6-7H,4-5,8-14H2. The minimum absolute atomic E-state index is 0.00182. The van der Waals surface area contributed by atoms with Crippen LogP contribution in [0.2, 0.25) is 0 Å². The van der Waals surface area contributed by atoms with Crippen molar-refractivity contribution >= 4 is 17.7 Å². The molecule has 0 bridgehead atoms. The van der Waals surface area contributed by atoms with Gasteiger partial charge in [-0.05, 0) is 25.0 Å². The Morgan fingerprint density at radius 1 is 0.920 bits per heavy atom. The minimum atomic E-state index is -0.220. The number of carbonyl (C=O) groups is 3. The van der Waals surface area contributed by atoms with Crippen molar-refractivity contribution in [2.45, 2.75) is 12.8 Å². The van der Waals surface area contributed by atoms with Crippen LogP contribution in [0.3, 0.4) is 0 Å². The smallest absolute Gasteiger partial charge is 0.261 e. The van der Waals surface area contributed by atoms with Gasteiger partial charge in [-0.3, -0.25) is 14.4 Å². The number of benzene rings is 1. The summed E-state index contributed by atoms with van der Waals surface area (Å²) in [6, 6.07) is 9.09. The third kappa shape index (κ3) is 4.49. The molecule has 0 saturated carbocycles. The van der Waals surface area contributed by atoms with Crippen molar-refractivity contribution in [1.82, 2.24) is 14.7 Å². The molecule has 0 unspecified atom stereocenters. The van der Waals surface area contributed by atoms with Gasteiger partial charge < -0.3 is 19.4 Å². The Kier molecular flexibility index (Phi) is 5.53. The lowest BCUT2D eigenvalue weighted by Crippen LogP contribution is -2.55. The number of ether oxygens (including phenoxy) is 1. The lowest BCUT2D eigenvalue weighted by molar-refractivity contribution is -0.149. The van der Waals surface area contributed by atoms with E-state index >= 15 is 0 Å². The maximum absolute atomic E-state index is 12.3. The van der Waals surface area contributed by atoms with Crippen LogP contribution in [0.4, 0.5) is 0 Å². The van der Waals surface area contributed by atoms with Crippen LogP contribution in [0.1, 0.15) is 12.8 Å². The summed E-state index contributed by atoms with van der Waals surface area (Å²) < 4.78 is 5.44. The molecule has 0 N–H and O–H groups in total. The van der Waals surface area contributed by atoms with Crippen molar-refractivity contribution < 1.29 is 19.1 Å². The second kappa shape index (κ2) is 8.00. The normalized spacial score (nSPS) is 17.8. The van der Waals surface area contributed by atoms with Crippen molar-refractivity contribution in [3.63, 3.8) is 0 Å². The van der Waals surface area contributed by atoms with E-state index in [9.17, 15) is 14.4 Å². The molecule has 0 atom stereocenters. The van der Waals surface area contributed by atoms with Gasteiger partial charge in [0.05, 0.1) is 13.1 Å². The first-order valence-corrected chi connectivity index (χ1v) is 8.64. The van der Waals surface area contributed by atoms with Crippen molar-refractivity contribution in [2.24, 2.45) is 0 Å². The summed E-state index contributed by atoms with van der Waals surface area (Å²) in [7, 11) is 0. The summed E-state index contributed by atoms with van der Waals surface area (Å²) in [6.07, 6.45) is 2.06. The first-order chi connectivity index (χ1) is 12.1. The molecule has 7 heteroatoms. The van der Waals surface area contributed by atoms with Gasteiger partial charge in [-0.2, -0.15) is 0 Å². The Hall–Kier alpha value is -2.57. The Morgan fingerprint density at radius 2 is 1.64 bits per heavy atom. The van der Waals surface area contributed by atoms with Crippen LogP contribution in [-0.2, 0) is 14.4 Å². The maximum atomic E-state index is 12.3. The number of para-hydroxylation sites is 1. The van der Waals surface area contributed by atoms with E-state index in [1.54, 1.807) is 21.9 Å². The number of hydrogen-bond donors (Lipinski definition) is 0. The molecule has 2 heterocycles. The minimum Gasteiger partial charge on any atom is -0.484 e. The molecule has 0 aromatic heterocycles. The largest absolute Gasteiger partial charge is 0.484 e. The molecule has 2 saturated heterocycles. The van der Waals surface area contributed by atoms with E-state index in [0.29, 0.717) is 18.8 Å². The summed E-state index contributed by atoms with van der Waals surface area (Å²) in [5.74, 6) is 0.213. The van der Waals surface area contributed by atoms with E-state index in [1.165, 1.54) is 4.90 Å². The summed E-state index contributed by atoms with van der Waals surface area (Å²) in [5, 5.41) is 0. The molecule has 7 nitrogen and oxygen atoms in total. The summed E-state index contributed by atoms with van der Waals surface area (Å²) in [5.41, 5.74) is 0. The molecule has 1 aromatic rings. The second-order valence-corrected chi connectivity index (χ2v) is 6.32. The fourth-order valence-corrected chi connectivity index (χ4v) is 3.07. The highest BCUT2D eigenvalue weighted by atomic mass is 16.5. The fraction of sp³-hybridized carbons (Fsp3) is 0.500. The van der Waals surface area contributed by atoms with Gasteiger partial charge in [-0.25, -0.2) is 0 Å². The lowest BCUT2D eigenvalue weighted by atomic mass is 10.3. The van der Waals surface area contributed by atoms with Gasteiger partial charge in [0.15, 0.2) is 6.61 Å². The summed E-state index contributed by atoms with van der Waals surface area (Å²) in [6.45, 7) is 2.39. The molecular formula is C18H23N3O4. The molecule has 0 radical (unpaired) electrons. The van der Waals surface area contributed by atoms with Crippen LogP contribution in [0.15, 0.2) is 30.3 Å². The molecule has 3 amide bonds. The van der Waals surface area contributed by atoms with Gasteiger partial charge in [-0.1, -0.05) is 18.2 Å². The Bertz CT molecular complexity index is 628. The van der Waals surface area contributed by atoms with E-state index < -0.39 is 0 Å². The topological polar surface area (TPSA) is 70.2 Å². The van der Waals surface area contributed by atoms with E-state index in [1.807, 2.05) is 18.2 Å². The Morgan fingerprint density at radius 3 is 2.32 bits per heavy atom. The maximum Gasteiger partial charge on any atom is 0.261 e. The highest BCUT2D eigenvalue weighted by Crippen LogP contribution is 2.11. The number of carbonyl (C=O) groups excluding carboxylic acids is 3. The average molecular weight is 345 g/mol. The molecule has 2 fully saturated rings. The van der Waals surface area contributed by atoms with Gasteiger partial charge in [0.2, 0.25) is 11.8 Å². The summed E-state index contributed by atoms with van der Waals surface area (Å²) >= 11 is 0. The Labute approximate surface area is 147 Å². The van der Waals surface area contributed by atoms with Gasteiger partial charge in [-0.15, -0.1) is 0 Å². The molecule has 0 spiro atoms. The van der Waals surface area contributed by atoms with Crippen LogP contribution in [-0.4, -0.2) is 78.3 Å². The number of amides is 3. The highest BCUT2D eigenvalue weighted by molar-refractivity contribution is 5.89. The predicted octanol–water partition coefficient (Wildman–Crippen LogP) is 0.359. The highest BCUT2D eigenvalue weighted by Gasteiger charge is 2.30. The third-order valence-corrected chi connectivity index (χ3v) is 4.56. The molecule has 25 heavy (non-hydrogen) atoms. The number of likely N-dealkylation sites (tertiary alicyclic amines) is 1. The molecular weight excluding hydrogens is 322 g/mol. The molecule has 0 aliphatic carbocycles. The quantitative estimate of drug-likeness (QED) is 0.773. The molecule has 3 rings (SSSR count). The second-order valence-electron chi connectivity index (χ2n) is 6.32. The number of rotatable bonds is 5. The Balaban J connectivity index is 1.45. The first kappa shape index (κ1) is 17.3.